The molecule has 1 saturated carbocycles. The molecule has 0 N–H and O–H groups in total. The maximum absolute atomic E-state index is 15.4. The molecule has 3 aromatic rings. The molecule has 172 valence electrons. The summed E-state index contributed by atoms with van der Waals surface area (Å²) < 4.78 is 41.4. The largest absolute Gasteiger partial charge is 0.489 e. The molecule has 1 fully saturated rings. The molecule has 2 aliphatic rings. The highest BCUT2D eigenvalue weighted by Crippen LogP contribution is 2.56. The molecule has 1 heterocycles. The number of aryl methyl sites for hydroxylation is 1. The molecule has 0 aliphatic heterocycles. The van der Waals surface area contributed by atoms with Crippen LogP contribution in [0.25, 0.3) is 11.1 Å². The van der Waals surface area contributed by atoms with Crippen molar-refractivity contribution in [3.05, 3.63) is 76.5 Å². The van der Waals surface area contributed by atoms with Crippen LogP contribution in [0.2, 0.25) is 0 Å². The van der Waals surface area contributed by atoms with E-state index in [4.69, 9.17) is 9.47 Å². The summed E-state index contributed by atoms with van der Waals surface area (Å²) in [5.74, 6) is 2.46. The van der Waals surface area contributed by atoms with E-state index in [1.54, 1.807) is 24.0 Å². The van der Waals surface area contributed by atoms with E-state index in [9.17, 15) is 4.39 Å². The van der Waals surface area contributed by atoms with Crippen LogP contribution in [0, 0.1) is 24.5 Å². The van der Waals surface area contributed by atoms with Gasteiger partial charge in [0, 0.05) is 23.4 Å². The van der Waals surface area contributed by atoms with Crippen molar-refractivity contribution in [2.24, 2.45) is 5.92 Å². The lowest BCUT2D eigenvalue weighted by molar-refractivity contribution is 0.292. The average Bonchev–Trinajstić information content (AvgIpc) is 3.48. The van der Waals surface area contributed by atoms with Gasteiger partial charge in [-0.05, 0) is 91.0 Å². The van der Waals surface area contributed by atoms with Crippen molar-refractivity contribution in [3.8, 4) is 22.8 Å². The second kappa shape index (κ2) is 9.34. The standard InChI is InChI=1S/C27H27F2NO2S/c1-16-10-26(31-8-3-9-33-2)30-14-23(16)21-6-7-25(28)24(27(21)29)15-32-19-4-5-20-17(12-19)11-18-13-22(18)20/h4-7,10,12,14,18,22H,3,8-9,11,13,15H2,1-2H3. The van der Waals surface area contributed by atoms with Crippen molar-refractivity contribution in [1.82, 2.24) is 4.98 Å². The van der Waals surface area contributed by atoms with Gasteiger partial charge in [-0.2, -0.15) is 11.8 Å². The van der Waals surface area contributed by atoms with Gasteiger partial charge in [-0.25, -0.2) is 13.8 Å². The number of thioether (sulfide) groups is 1. The fraction of sp³-hybridized carbons (Fsp3) is 0.370. The second-order valence-corrected chi connectivity index (χ2v) is 9.86. The molecule has 0 amide bonds. The molecule has 0 radical (unpaired) electrons. The molecule has 1 aromatic heterocycles. The molecular weight excluding hydrogens is 440 g/mol. The van der Waals surface area contributed by atoms with E-state index in [0.29, 0.717) is 35.3 Å². The van der Waals surface area contributed by atoms with Crippen LogP contribution in [0.5, 0.6) is 11.6 Å². The monoisotopic (exact) mass is 467 g/mol. The van der Waals surface area contributed by atoms with Gasteiger partial charge in [0.05, 0.1) is 12.2 Å². The summed E-state index contributed by atoms with van der Waals surface area (Å²) in [5, 5.41) is 0. The number of nitrogens with zero attached hydrogens (tertiary/aromatic N) is 1. The minimum absolute atomic E-state index is 0.0763. The average molecular weight is 468 g/mol. The number of hydrogen-bond donors (Lipinski definition) is 0. The van der Waals surface area contributed by atoms with Gasteiger partial charge in [-0.1, -0.05) is 6.07 Å². The number of ether oxygens (including phenoxy) is 2. The third-order valence-corrected chi connectivity index (χ3v) is 7.30. The number of rotatable bonds is 9. The predicted octanol–water partition coefficient (Wildman–Crippen LogP) is 6.71. The molecule has 2 unspecified atom stereocenters. The first kappa shape index (κ1) is 22.2. The van der Waals surface area contributed by atoms with E-state index in [2.05, 4.69) is 17.3 Å². The molecule has 0 bridgehead atoms. The van der Waals surface area contributed by atoms with Crippen LogP contribution in [0.4, 0.5) is 8.78 Å². The van der Waals surface area contributed by atoms with Gasteiger partial charge in [0.25, 0.3) is 0 Å². The summed E-state index contributed by atoms with van der Waals surface area (Å²) in [5.41, 5.74) is 4.38. The van der Waals surface area contributed by atoms with Gasteiger partial charge >= 0.3 is 0 Å². The van der Waals surface area contributed by atoms with E-state index in [1.165, 1.54) is 29.7 Å². The highest BCUT2D eigenvalue weighted by atomic mass is 32.2. The Labute approximate surface area is 197 Å². The third kappa shape index (κ3) is 4.58. The summed E-state index contributed by atoms with van der Waals surface area (Å²) in [7, 11) is 0. The topological polar surface area (TPSA) is 31.4 Å². The Bertz CT molecular complexity index is 1180. The number of aromatic nitrogens is 1. The van der Waals surface area contributed by atoms with Gasteiger partial charge in [0.15, 0.2) is 0 Å². The molecule has 3 nitrogen and oxygen atoms in total. The normalized spacial score (nSPS) is 18.1. The number of hydrogen-bond acceptors (Lipinski definition) is 4. The second-order valence-electron chi connectivity index (χ2n) is 8.88. The smallest absolute Gasteiger partial charge is 0.213 e. The first-order chi connectivity index (χ1) is 16.0. The minimum Gasteiger partial charge on any atom is -0.489 e. The molecule has 6 heteroatoms. The summed E-state index contributed by atoms with van der Waals surface area (Å²) in [6.07, 6.45) is 6.95. The summed E-state index contributed by atoms with van der Waals surface area (Å²) in [4.78, 5) is 4.32. The lowest BCUT2D eigenvalue weighted by atomic mass is 9.99. The number of benzene rings is 2. The van der Waals surface area contributed by atoms with Crippen molar-refractivity contribution in [1.29, 1.82) is 0 Å². The van der Waals surface area contributed by atoms with Crippen LogP contribution in [-0.2, 0) is 13.0 Å². The van der Waals surface area contributed by atoms with Crippen molar-refractivity contribution < 1.29 is 18.3 Å². The fourth-order valence-corrected chi connectivity index (χ4v) is 5.12. The zero-order valence-electron chi connectivity index (χ0n) is 18.9. The third-order valence-electron chi connectivity index (χ3n) is 6.61. The molecule has 0 saturated heterocycles. The molecule has 2 aromatic carbocycles. The Hall–Kier alpha value is -2.60. The van der Waals surface area contributed by atoms with Crippen LogP contribution in [-0.4, -0.2) is 23.6 Å². The number of pyridine rings is 1. The van der Waals surface area contributed by atoms with E-state index in [1.807, 2.05) is 19.1 Å². The summed E-state index contributed by atoms with van der Waals surface area (Å²) in [6.45, 7) is 2.29. The van der Waals surface area contributed by atoms with E-state index >= 15 is 4.39 Å². The van der Waals surface area contributed by atoms with Crippen LogP contribution in [0.1, 0.15) is 41.0 Å². The maximum atomic E-state index is 15.4. The molecular formula is C27H27F2NO2S. The highest BCUT2D eigenvalue weighted by molar-refractivity contribution is 7.98. The molecule has 0 spiro atoms. The Balaban J connectivity index is 1.32. The Morgan fingerprint density at radius 2 is 1.97 bits per heavy atom. The zero-order chi connectivity index (χ0) is 22.9. The van der Waals surface area contributed by atoms with Crippen LogP contribution >= 0.6 is 11.8 Å². The Morgan fingerprint density at radius 3 is 2.79 bits per heavy atom. The van der Waals surface area contributed by atoms with Crippen LogP contribution in [0.15, 0.2) is 42.6 Å². The minimum atomic E-state index is -0.615. The van der Waals surface area contributed by atoms with E-state index < -0.39 is 11.6 Å². The summed E-state index contributed by atoms with van der Waals surface area (Å²) in [6, 6.07) is 10.6. The quantitative estimate of drug-likeness (QED) is 0.328. The van der Waals surface area contributed by atoms with Gasteiger partial charge in [-0.15, -0.1) is 0 Å². The summed E-state index contributed by atoms with van der Waals surface area (Å²) >= 11 is 1.77. The SMILES string of the molecule is CSCCCOc1cc(C)c(-c2ccc(F)c(COc3ccc4c(c3)CC3CC43)c2F)cn1. The molecule has 2 aliphatic carbocycles. The first-order valence-corrected chi connectivity index (χ1v) is 12.8. The van der Waals surface area contributed by atoms with Gasteiger partial charge in [-0.3, -0.25) is 0 Å². The lowest BCUT2D eigenvalue weighted by Crippen LogP contribution is -2.05. The van der Waals surface area contributed by atoms with Crippen molar-refractivity contribution >= 4 is 11.8 Å². The van der Waals surface area contributed by atoms with Crippen LogP contribution < -0.4 is 9.47 Å². The molecule has 33 heavy (non-hydrogen) atoms. The van der Waals surface area contributed by atoms with Crippen molar-refractivity contribution in [2.75, 3.05) is 18.6 Å². The maximum Gasteiger partial charge on any atom is 0.213 e. The highest BCUT2D eigenvalue weighted by Gasteiger charge is 2.44. The van der Waals surface area contributed by atoms with Gasteiger partial charge < -0.3 is 9.47 Å². The lowest BCUT2D eigenvalue weighted by Gasteiger charge is -2.14. The van der Waals surface area contributed by atoms with Crippen LogP contribution in [0.3, 0.4) is 0 Å². The Morgan fingerprint density at radius 1 is 1.09 bits per heavy atom. The predicted molar refractivity (Wildman–Crippen MR) is 128 cm³/mol. The van der Waals surface area contributed by atoms with E-state index in [0.717, 1.165) is 30.1 Å². The Kier molecular flexibility index (Phi) is 6.28. The first-order valence-electron chi connectivity index (χ1n) is 11.4. The number of halogens is 2. The van der Waals surface area contributed by atoms with Gasteiger partial charge in [0.2, 0.25) is 5.88 Å². The number of fused-ring (bicyclic) bond motifs is 3. The molecule has 2 atom stereocenters. The molecule has 5 rings (SSSR count). The van der Waals surface area contributed by atoms with E-state index in [-0.39, 0.29) is 12.2 Å². The fourth-order valence-electron chi connectivity index (χ4n) is 4.71. The van der Waals surface area contributed by atoms with Crippen molar-refractivity contribution in [2.45, 2.75) is 38.7 Å². The van der Waals surface area contributed by atoms with Gasteiger partial charge in [0.1, 0.15) is 24.0 Å². The zero-order valence-corrected chi connectivity index (χ0v) is 19.7. The van der Waals surface area contributed by atoms with Crippen molar-refractivity contribution in [3.63, 3.8) is 0 Å².